The van der Waals surface area contributed by atoms with Gasteiger partial charge in [-0.25, -0.2) is 0 Å². The maximum atomic E-state index is 8.19. The van der Waals surface area contributed by atoms with Crippen LogP contribution in [-0.2, 0) is 6.54 Å². The normalized spacial score (nSPS) is 16.1. The Morgan fingerprint density at radius 3 is 2.65 bits per heavy atom. The number of benzene rings is 1. The second kappa shape index (κ2) is 5.54. The van der Waals surface area contributed by atoms with Crippen molar-refractivity contribution in [1.82, 2.24) is 4.90 Å². The lowest BCUT2D eigenvalue weighted by atomic mass is 10.1. The van der Waals surface area contributed by atoms with E-state index in [1.54, 1.807) is 0 Å². The molecule has 0 aromatic heterocycles. The fraction of sp³-hybridized carbons (Fsp3) is 0.500. The largest absolute Gasteiger partial charge is 0.359 e. The van der Waals surface area contributed by atoms with Crippen LogP contribution in [0.15, 0.2) is 24.3 Å². The molecule has 0 unspecified atom stereocenters. The molecule has 1 aliphatic carbocycles. The molecule has 0 atom stereocenters. The van der Waals surface area contributed by atoms with Gasteiger partial charge in [0.25, 0.3) is 0 Å². The molecule has 0 spiro atoms. The van der Waals surface area contributed by atoms with Gasteiger partial charge in [-0.2, -0.15) is 0 Å². The molecule has 3 heteroatoms. The summed E-state index contributed by atoms with van der Waals surface area (Å²) in [6, 6.07) is 7.87. The maximum Gasteiger partial charge on any atom is 0.0989 e. The molecule has 1 saturated carbocycles. The van der Waals surface area contributed by atoms with Gasteiger partial charge < -0.3 is 4.90 Å². The van der Waals surface area contributed by atoms with E-state index in [0.29, 0.717) is 5.92 Å². The minimum Gasteiger partial charge on any atom is -0.359 e. The van der Waals surface area contributed by atoms with Gasteiger partial charge in [-0.05, 0) is 24.5 Å². The quantitative estimate of drug-likeness (QED) is 0.639. The van der Waals surface area contributed by atoms with E-state index in [1.807, 2.05) is 36.2 Å². The second-order valence-corrected chi connectivity index (χ2v) is 5.22. The number of halogens is 1. The number of amidine groups is 1. The predicted molar refractivity (Wildman–Crippen MR) is 72.6 cm³/mol. The van der Waals surface area contributed by atoms with Gasteiger partial charge in [0.1, 0.15) is 0 Å². The summed E-state index contributed by atoms with van der Waals surface area (Å²) in [5.74, 6) is 1.23. The van der Waals surface area contributed by atoms with E-state index in [1.165, 1.54) is 25.7 Å². The lowest BCUT2D eigenvalue weighted by Crippen LogP contribution is -2.30. The Balaban J connectivity index is 1.99. The molecular weight excluding hydrogens is 232 g/mol. The summed E-state index contributed by atoms with van der Waals surface area (Å²) >= 11 is 6.14. The van der Waals surface area contributed by atoms with Crippen molar-refractivity contribution >= 4 is 17.4 Å². The van der Waals surface area contributed by atoms with Crippen LogP contribution in [0.3, 0.4) is 0 Å². The number of hydrogen-bond acceptors (Lipinski definition) is 1. The monoisotopic (exact) mass is 250 g/mol. The lowest BCUT2D eigenvalue weighted by molar-refractivity contribution is 0.456. The zero-order valence-electron chi connectivity index (χ0n) is 10.2. The minimum absolute atomic E-state index is 0.461. The Morgan fingerprint density at radius 2 is 2.00 bits per heavy atom. The van der Waals surface area contributed by atoms with E-state index in [0.717, 1.165) is 23.0 Å². The summed E-state index contributed by atoms with van der Waals surface area (Å²) in [6.45, 7) is 0.731. The van der Waals surface area contributed by atoms with Gasteiger partial charge in [0.2, 0.25) is 0 Å². The molecule has 17 heavy (non-hydrogen) atoms. The standard InChI is InChI=1S/C14H19ClN2/c1-17(14(16)11-6-2-3-7-11)10-12-8-4-5-9-13(12)15/h4-5,8-9,11,16H,2-3,6-7,10H2,1H3. The third-order valence-corrected chi connectivity index (χ3v) is 3.89. The van der Waals surface area contributed by atoms with Crippen molar-refractivity contribution in [1.29, 1.82) is 5.41 Å². The summed E-state index contributed by atoms with van der Waals surface area (Å²) in [5.41, 5.74) is 1.10. The minimum atomic E-state index is 0.461. The third-order valence-electron chi connectivity index (χ3n) is 3.52. The topological polar surface area (TPSA) is 27.1 Å². The highest BCUT2D eigenvalue weighted by Gasteiger charge is 2.22. The van der Waals surface area contributed by atoms with E-state index >= 15 is 0 Å². The first-order chi connectivity index (χ1) is 8.18. The van der Waals surface area contributed by atoms with Crippen molar-refractivity contribution in [3.63, 3.8) is 0 Å². The first-order valence-corrected chi connectivity index (χ1v) is 6.59. The summed E-state index contributed by atoms with van der Waals surface area (Å²) in [6.07, 6.45) is 4.89. The molecule has 2 rings (SSSR count). The molecular formula is C14H19ClN2. The smallest absolute Gasteiger partial charge is 0.0989 e. The molecule has 1 aliphatic rings. The van der Waals surface area contributed by atoms with Gasteiger partial charge in [-0.1, -0.05) is 42.6 Å². The molecule has 0 aliphatic heterocycles. The highest BCUT2D eigenvalue weighted by atomic mass is 35.5. The number of nitrogens with one attached hydrogen (secondary N) is 1. The second-order valence-electron chi connectivity index (χ2n) is 4.81. The summed E-state index contributed by atoms with van der Waals surface area (Å²) in [4.78, 5) is 2.02. The zero-order valence-corrected chi connectivity index (χ0v) is 11.0. The first-order valence-electron chi connectivity index (χ1n) is 6.21. The molecule has 0 saturated heterocycles. The van der Waals surface area contributed by atoms with Crippen LogP contribution in [0.1, 0.15) is 31.2 Å². The third kappa shape index (κ3) is 3.01. The molecule has 1 fully saturated rings. The fourth-order valence-corrected chi connectivity index (χ4v) is 2.67. The number of rotatable bonds is 3. The summed E-state index contributed by atoms with van der Waals surface area (Å²) in [7, 11) is 1.99. The Kier molecular flexibility index (Phi) is 4.06. The molecule has 1 N–H and O–H groups in total. The number of hydrogen-bond donors (Lipinski definition) is 1. The molecule has 2 nitrogen and oxygen atoms in total. The Morgan fingerprint density at radius 1 is 1.35 bits per heavy atom. The van der Waals surface area contributed by atoms with Crippen molar-refractivity contribution in [3.8, 4) is 0 Å². The Hall–Kier alpha value is -1.02. The van der Waals surface area contributed by atoms with Crippen molar-refractivity contribution in [2.75, 3.05) is 7.05 Å². The van der Waals surface area contributed by atoms with Crippen LogP contribution in [0.5, 0.6) is 0 Å². The van der Waals surface area contributed by atoms with E-state index < -0.39 is 0 Å². The summed E-state index contributed by atoms with van der Waals surface area (Å²) < 4.78 is 0. The molecule has 0 amide bonds. The molecule has 0 radical (unpaired) electrons. The molecule has 1 aromatic carbocycles. The van der Waals surface area contributed by atoms with Crippen LogP contribution < -0.4 is 0 Å². The van der Waals surface area contributed by atoms with Crippen molar-refractivity contribution in [2.24, 2.45) is 5.92 Å². The van der Waals surface area contributed by atoms with Crippen LogP contribution in [-0.4, -0.2) is 17.8 Å². The zero-order chi connectivity index (χ0) is 12.3. The van der Waals surface area contributed by atoms with Gasteiger partial charge in [-0.3, -0.25) is 5.41 Å². The molecule has 92 valence electrons. The molecule has 0 heterocycles. The van der Waals surface area contributed by atoms with Crippen LogP contribution in [0.2, 0.25) is 5.02 Å². The maximum absolute atomic E-state index is 8.19. The number of nitrogens with zero attached hydrogens (tertiary/aromatic N) is 1. The van der Waals surface area contributed by atoms with E-state index in [4.69, 9.17) is 17.0 Å². The lowest BCUT2D eigenvalue weighted by Gasteiger charge is -2.24. The van der Waals surface area contributed by atoms with Gasteiger partial charge in [0.05, 0.1) is 5.84 Å². The van der Waals surface area contributed by atoms with Crippen molar-refractivity contribution < 1.29 is 0 Å². The van der Waals surface area contributed by atoms with Crippen molar-refractivity contribution in [2.45, 2.75) is 32.2 Å². The van der Waals surface area contributed by atoms with Gasteiger partial charge in [-0.15, -0.1) is 0 Å². The fourth-order valence-electron chi connectivity index (χ4n) is 2.48. The highest BCUT2D eigenvalue weighted by molar-refractivity contribution is 6.31. The van der Waals surface area contributed by atoms with Gasteiger partial charge in [0.15, 0.2) is 0 Å². The Bertz CT molecular complexity index is 397. The predicted octanol–water partition coefficient (Wildman–Crippen LogP) is 3.94. The van der Waals surface area contributed by atoms with Crippen LogP contribution in [0.4, 0.5) is 0 Å². The van der Waals surface area contributed by atoms with Gasteiger partial charge >= 0.3 is 0 Å². The summed E-state index contributed by atoms with van der Waals surface area (Å²) in [5, 5.41) is 8.98. The SMILES string of the molecule is CN(Cc1ccccc1Cl)C(=N)C1CCCC1. The Labute approximate surface area is 108 Å². The average Bonchev–Trinajstić information content (AvgIpc) is 2.84. The van der Waals surface area contributed by atoms with Crippen LogP contribution in [0.25, 0.3) is 0 Å². The van der Waals surface area contributed by atoms with Crippen LogP contribution >= 0.6 is 11.6 Å². The first kappa shape index (κ1) is 12.4. The van der Waals surface area contributed by atoms with Crippen molar-refractivity contribution in [3.05, 3.63) is 34.9 Å². The molecule has 1 aromatic rings. The van der Waals surface area contributed by atoms with Crippen LogP contribution in [0, 0.1) is 11.3 Å². The average molecular weight is 251 g/mol. The van der Waals surface area contributed by atoms with E-state index in [9.17, 15) is 0 Å². The van der Waals surface area contributed by atoms with E-state index in [-0.39, 0.29) is 0 Å². The van der Waals surface area contributed by atoms with Gasteiger partial charge in [0, 0.05) is 24.5 Å². The highest BCUT2D eigenvalue weighted by Crippen LogP contribution is 2.27. The van der Waals surface area contributed by atoms with E-state index in [2.05, 4.69) is 0 Å². The molecule has 0 bridgehead atoms.